The first-order valence-electron chi connectivity index (χ1n) is 6.70. The van der Waals surface area contributed by atoms with Crippen LogP contribution in [-0.4, -0.2) is 30.5 Å². The van der Waals surface area contributed by atoms with Gasteiger partial charge in [-0.15, -0.1) is 0 Å². The Labute approximate surface area is 125 Å². The molecule has 6 nitrogen and oxygen atoms in total. The SMILES string of the molecule is COC(C)(CN)c1ccc(NC(=O)OC(C)(C)C)cc1O. The molecule has 0 bridgehead atoms. The lowest BCUT2D eigenvalue weighted by Gasteiger charge is -2.28. The van der Waals surface area contributed by atoms with E-state index >= 15 is 0 Å². The molecule has 0 spiro atoms. The molecule has 0 heterocycles. The number of rotatable bonds is 4. The minimum absolute atomic E-state index is 0.00152. The van der Waals surface area contributed by atoms with E-state index in [2.05, 4.69) is 5.32 Å². The van der Waals surface area contributed by atoms with E-state index in [1.54, 1.807) is 39.8 Å². The van der Waals surface area contributed by atoms with Crippen molar-refractivity contribution in [3.63, 3.8) is 0 Å². The van der Waals surface area contributed by atoms with Crippen LogP contribution in [0.1, 0.15) is 33.3 Å². The van der Waals surface area contributed by atoms with Gasteiger partial charge in [-0.2, -0.15) is 0 Å². The van der Waals surface area contributed by atoms with Crippen LogP contribution in [0.4, 0.5) is 10.5 Å². The van der Waals surface area contributed by atoms with E-state index < -0.39 is 17.3 Å². The molecule has 0 aliphatic heterocycles. The van der Waals surface area contributed by atoms with Crippen molar-refractivity contribution in [1.82, 2.24) is 0 Å². The number of benzene rings is 1. The van der Waals surface area contributed by atoms with Gasteiger partial charge in [-0.05, 0) is 33.8 Å². The third kappa shape index (κ3) is 4.61. The zero-order valence-electron chi connectivity index (χ0n) is 13.2. The number of anilines is 1. The minimum Gasteiger partial charge on any atom is -0.507 e. The number of amides is 1. The summed E-state index contributed by atoms with van der Waals surface area (Å²) in [5.41, 5.74) is 5.30. The van der Waals surface area contributed by atoms with Crippen LogP contribution in [0, 0.1) is 0 Å². The van der Waals surface area contributed by atoms with Crippen molar-refractivity contribution in [2.45, 2.75) is 38.9 Å². The van der Waals surface area contributed by atoms with Crippen LogP contribution in [0.2, 0.25) is 0 Å². The van der Waals surface area contributed by atoms with E-state index in [1.807, 2.05) is 0 Å². The molecule has 0 aromatic heterocycles. The lowest BCUT2D eigenvalue weighted by Crippen LogP contribution is -2.33. The molecule has 4 N–H and O–H groups in total. The molecular weight excluding hydrogens is 272 g/mol. The quantitative estimate of drug-likeness (QED) is 0.794. The number of carbonyl (C=O) groups excluding carboxylic acids is 1. The summed E-state index contributed by atoms with van der Waals surface area (Å²) in [4.78, 5) is 11.7. The fourth-order valence-electron chi connectivity index (χ4n) is 1.78. The average Bonchev–Trinajstić information content (AvgIpc) is 2.35. The van der Waals surface area contributed by atoms with Crippen LogP contribution in [0.25, 0.3) is 0 Å². The van der Waals surface area contributed by atoms with Crippen LogP contribution < -0.4 is 11.1 Å². The van der Waals surface area contributed by atoms with Crippen LogP contribution in [-0.2, 0) is 15.1 Å². The summed E-state index contributed by atoms with van der Waals surface area (Å²) in [6.45, 7) is 7.33. The van der Waals surface area contributed by atoms with Crippen LogP contribution in [0.5, 0.6) is 5.75 Å². The molecule has 0 aliphatic carbocycles. The zero-order valence-corrected chi connectivity index (χ0v) is 13.2. The van der Waals surface area contributed by atoms with Gasteiger partial charge in [-0.25, -0.2) is 4.79 Å². The van der Waals surface area contributed by atoms with Crippen LogP contribution in [0.3, 0.4) is 0 Å². The van der Waals surface area contributed by atoms with Gasteiger partial charge in [0, 0.05) is 31.0 Å². The van der Waals surface area contributed by atoms with Crippen molar-refractivity contribution in [2.24, 2.45) is 5.73 Å². The number of phenols is 1. The second-order valence-corrected chi connectivity index (χ2v) is 6.00. The summed E-state index contributed by atoms with van der Waals surface area (Å²) in [7, 11) is 1.53. The Kier molecular flexibility index (Phi) is 5.20. The number of methoxy groups -OCH3 is 1. The van der Waals surface area contributed by atoms with E-state index in [0.29, 0.717) is 11.3 Å². The number of aromatic hydroxyl groups is 1. The maximum atomic E-state index is 11.7. The van der Waals surface area contributed by atoms with Gasteiger partial charge in [0.15, 0.2) is 0 Å². The fraction of sp³-hybridized carbons (Fsp3) is 0.533. The maximum Gasteiger partial charge on any atom is 0.412 e. The van der Waals surface area contributed by atoms with Gasteiger partial charge >= 0.3 is 6.09 Å². The van der Waals surface area contributed by atoms with Gasteiger partial charge in [0.25, 0.3) is 0 Å². The molecule has 0 fully saturated rings. The molecule has 0 saturated carbocycles. The molecule has 0 saturated heterocycles. The second-order valence-electron chi connectivity index (χ2n) is 6.00. The first-order chi connectivity index (χ1) is 9.61. The predicted molar refractivity (Wildman–Crippen MR) is 81.4 cm³/mol. The number of hydrogen-bond donors (Lipinski definition) is 3. The Morgan fingerprint density at radius 2 is 1.95 bits per heavy atom. The summed E-state index contributed by atoms with van der Waals surface area (Å²) in [5.74, 6) is -0.00152. The molecular formula is C15H24N2O4. The summed E-state index contributed by atoms with van der Waals surface area (Å²) in [5, 5.41) is 12.7. The smallest absolute Gasteiger partial charge is 0.412 e. The van der Waals surface area contributed by atoms with E-state index in [0.717, 1.165) is 0 Å². The highest BCUT2D eigenvalue weighted by Crippen LogP contribution is 2.33. The first-order valence-corrected chi connectivity index (χ1v) is 6.70. The standard InChI is InChI=1S/C15H24N2O4/c1-14(2,3)21-13(19)17-10-6-7-11(12(18)8-10)15(4,9-16)20-5/h6-8,18H,9,16H2,1-5H3,(H,17,19). The van der Waals surface area contributed by atoms with Gasteiger partial charge in [-0.3, -0.25) is 5.32 Å². The molecule has 21 heavy (non-hydrogen) atoms. The van der Waals surface area contributed by atoms with Crippen molar-refractivity contribution < 1.29 is 19.4 Å². The molecule has 1 aromatic rings. The lowest BCUT2D eigenvalue weighted by molar-refractivity contribution is 0.00829. The van der Waals surface area contributed by atoms with Crippen molar-refractivity contribution in [1.29, 1.82) is 0 Å². The number of ether oxygens (including phenoxy) is 2. The Bertz CT molecular complexity index is 505. The Morgan fingerprint density at radius 3 is 2.38 bits per heavy atom. The Balaban J connectivity index is 2.91. The summed E-state index contributed by atoms with van der Waals surface area (Å²) < 4.78 is 10.5. The van der Waals surface area contributed by atoms with Crippen molar-refractivity contribution in [3.05, 3.63) is 23.8 Å². The van der Waals surface area contributed by atoms with E-state index in [-0.39, 0.29) is 12.3 Å². The maximum absolute atomic E-state index is 11.7. The third-order valence-electron chi connectivity index (χ3n) is 3.05. The highest BCUT2D eigenvalue weighted by molar-refractivity contribution is 5.85. The molecule has 6 heteroatoms. The van der Waals surface area contributed by atoms with Gasteiger partial charge in [-0.1, -0.05) is 6.07 Å². The van der Waals surface area contributed by atoms with Gasteiger partial charge in [0.05, 0.1) is 0 Å². The average molecular weight is 296 g/mol. The van der Waals surface area contributed by atoms with Crippen LogP contribution >= 0.6 is 0 Å². The molecule has 1 atom stereocenters. The van der Waals surface area contributed by atoms with Crippen molar-refractivity contribution >= 4 is 11.8 Å². The number of carbonyl (C=O) groups is 1. The van der Waals surface area contributed by atoms with Crippen LogP contribution in [0.15, 0.2) is 18.2 Å². The highest BCUT2D eigenvalue weighted by Gasteiger charge is 2.27. The lowest BCUT2D eigenvalue weighted by atomic mass is 9.94. The van der Waals surface area contributed by atoms with Gasteiger partial charge in [0.2, 0.25) is 0 Å². The van der Waals surface area contributed by atoms with Crippen molar-refractivity contribution in [2.75, 3.05) is 19.0 Å². The molecule has 0 radical (unpaired) electrons. The van der Waals surface area contributed by atoms with Gasteiger partial charge in [0.1, 0.15) is 17.0 Å². The Hall–Kier alpha value is -1.79. The molecule has 1 rings (SSSR count). The van der Waals surface area contributed by atoms with E-state index in [9.17, 15) is 9.90 Å². The summed E-state index contributed by atoms with van der Waals surface area (Å²) in [6.07, 6.45) is -0.581. The largest absolute Gasteiger partial charge is 0.507 e. The van der Waals surface area contributed by atoms with E-state index in [4.69, 9.17) is 15.2 Å². The zero-order chi connectivity index (χ0) is 16.3. The molecule has 1 amide bonds. The molecule has 1 aromatic carbocycles. The summed E-state index contributed by atoms with van der Waals surface area (Å²) in [6, 6.07) is 4.76. The topological polar surface area (TPSA) is 93.8 Å². The summed E-state index contributed by atoms with van der Waals surface area (Å²) >= 11 is 0. The minimum atomic E-state index is -0.783. The number of nitrogens with one attached hydrogen (secondary N) is 1. The van der Waals surface area contributed by atoms with E-state index in [1.165, 1.54) is 13.2 Å². The predicted octanol–water partition coefficient (Wildman–Crippen LogP) is 2.56. The first kappa shape index (κ1) is 17.3. The molecule has 0 aliphatic rings. The molecule has 118 valence electrons. The monoisotopic (exact) mass is 296 g/mol. The number of nitrogens with two attached hydrogens (primary N) is 1. The number of phenolic OH excluding ortho intramolecular Hbond substituents is 1. The normalized spacial score (nSPS) is 14.4. The van der Waals surface area contributed by atoms with Gasteiger partial charge < -0.3 is 20.3 Å². The second kappa shape index (κ2) is 6.32. The van der Waals surface area contributed by atoms with Crippen molar-refractivity contribution in [3.8, 4) is 5.75 Å². The highest BCUT2D eigenvalue weighted by atomic mass is 16.6. The fourth-order valence-corrected chi connectivity index (χ4v) is 1.78. The molecule has 1 unspecified atom stereocenters. The third-order valence-corrected chi connectivity index (χ3v) is 3.05. The number of hydrogen-bond acceptors (Lipinski definition) is 5. The Morgan fingerprint density at radius 1 is 1.33 bits per heavy atom.